The van der Waals surface area contributed by atoms with Gasteiger partial charge in [0.25, 0.3) is 24.2 Å². The van der Waals surface area contributed by atoms with Crippen molar-refractivity contribution in [2.45, 2.75) is 0 Å². The second-order valence-corrected chi connectivity index (χ2v) is 5.96. The number of allylic oxidation sites excluding steroid dienone is 1. The minimum Gasteiger partial charge on any atom is -0.407 e. The molecule has 0 fully saturated rings. The molecular weight excluding hydrogens is 350 g/mol. The maximum absolute atomic E-state index is 12.5. The van der Waals surface area contributed by atoms with Gasteiger partial charge in [0, 0.05) is 26.8 Å². The second-order valence-electron chi connectivity index (χ2n) is 5.96. The molecule has 1 aromatic rings. The van der Waals surface area contributed by atoms with E-state index in [1.165, 1.54) is 7.05 Å². The summed E-state index contributed by atoms with van der Waals surface area (Å²) in [6.07, 6.45) is 0. The van der Waals surface area contributed by atoms with E-state index < -0.39 is 11.8 Å². The van der Waals surface area contributed by atoms with Crippen molar-refractivity contribution < 1.29 is 19.1 Å². The lowest BCUT2D eigenvalue weighted by molar-refractivity contribution is -0.124. The van der Waals surface area contributed by atoms with E-state index in [4.69, 9.17) is 4.74 Å². The number of carbonyl (C=O) groups is 3. The van der Waals surface area contributed by atoms with E-state index in [1.54, 1.807) is 12.1 Å². The van der Waals surface area contributed by atoms with E-state index in [0.717, 1.165) is 10.7 Å². The van der Waals surface area contributed by atoms with Gasteiger partial charge in [-0.15, -0.1) is 5.10 Å². The van der Waals surface area contributed by atoms with Gasteiger partial charge in [0.15, 0.2) is 0 Å². The molecule has 0 saturated carbocycles. The van der Waals surface area contributed by atoms with Crippen molar-refractivity contribution in [3.05, 3.63) is 46.7 Å². The fourth-order valence-corrected chi connectivity index (χ4v) is 2.80. The number of benzene rings is 1. The van der Waals surface area contributed by atoms with Crippen LogP contribution in [-0.4, -0.2) is 50.3 Å². The SMILES string of the molecule is CN1N=C(OC=O)/C(=C2\NC(=O)C(c3ccc(N(C)C)cc3)=C2C#N)C1=O. The monoisotopic (exact) mass is 365 g/mol. The van der Waals surface area contributed by atoms with Gasteiger partial charge in [0.2, 0.25) is 0 Å². The van der Waals surface area contributed by atoms with Crippen LogP contribution < -0.4 is 10.2 Å². The largest absolute Gasteiger partial charge is 0.407 e. The average Bonchev–Trinajstić information content (AvgIpc) is 3.11. The van der Waals surface area contributed by atoms with Crippen molar-refractivity contribution in [1.82, 2.24) is 10.3 Å². The number of nitrogens with one attached hydrogen (secondary N) is 1. The molecule has 0 spiro atoms. The first kappa shape index (κ1) is 17.9. The highest BCUT2D eigenvalue weighted by Crippen LogP contribution is 2.33. The molecule has 1 aromatic carbocycles. The maximum Gasteiger partial charge on any atom is 0.299 e. The van der Waals surface area contributed by atoms with Crippen LogP contribution in [0.15, 0.2) is 46.2 Å². The zero-order chi connectivity index (χ0) is 19.7. The molecule has 2 aliphatic heterocycles. The molecule has 0 aliphatic carbocycles. The van der Waals surface area contributed by atoms with E-state index in [-0.39, 0.29) is 34.8 Å². The van der Waals surface area contributed by atoms with E-state index in [1.807, 2.05) is 37.2 Å². The zero-order valence-electron chi connectivity index (χ0n) is 14.8. The van der Waals surface area contributed by atoms with E-state index >= 15 is 0 Å². The van der Waals surface area contributed by atoms with Crippen molar-refractivity contribution >= 4 is 35.4 Å². The molecule has 27 heavy (non-hydrogen) atoms. The van der Waals surface area contributed by atoms with Crippen LogP contribution in [0, 0.1) is 11.3 Å². The zero-order valence-corrected chi connectivity index (χ0v) is 14.8. The Bertz CT molecular complexity index is 980. The van der Waals surface area contributed by atoms with E-state index in [2.05, 4.69) is 10.4 Å². The van der Waals surface area contributed by atoms with Crippen molar-refractivity contribution in [3.63, 3.8) is 0 Å². The molecule has 2 aliphatic rings. The Labute approximate surface area is 154 Å². The lowest BCUT2D eigenvalue weighted by Crippen LogP contribution is -2.24. The summed E-state index contributed by atoms with van der Waals surface area (Å²) in [5.74, 6) is -1.40. The molecule has 2 amide bonds. The number of hydrogen-bond acceptors (Lipinski definition) is 7. The van der Waals surface area contributed by atoms with Gasteiger partial charge in [0.1, 0.15) is 11.6 Å². The number of carbonyl (C=O) groups excluding carboxylic acids is 3. The van der Waals surface area contributed by atoms with Crippen LogP contribution in [0.2, 0.25) is 0 Å². The first-order valence-corrected chi connectivity index (χ1v) is 7.84. The molecule has 0 atom stereocenters. The summed E-state index contributed by atoms with van der Waals surface area (Å²) in [7, 11) is 5.14. The number of likely N-dealkylation sites (N-methyl/N-ethyl adjacent to an activating group) is 1. The number of hydrazone groups is 1. The van der Waals surface area contributed by atoms with Crippen molar-refractivity contribution in [2.75, 3.05) is 26.0 Å². The smallest absolute Gasteiger partial charge is 0.299 e. The first-order valence-electron chi connectivity index (χ1n) is 7.84. The van der Waals surface area contributed by atoms with E-state index in [0.29, 0.717) is 5.56 Å². The number of rotatable bonds is 3. The molecule has 9 heteroatoms. The second kappa shape index (κ2) is 6.76. The van der Waals surface area contributed by atoms with Gasteiger partial charge >= 0.3 is 0 Å². The maximum atomic E-state index is 12.5. The quantitative estimate of drug-likeness (QED) is 0.611. The molecule has 2 heterocycles. The fraction of sp³-hybridized carbons (Fsp3) is 0.167. The summed E-state index contributed by atoms with van der Waals surface area (Å²) in [6, 6.07) is 9.02. The number of amides is 2. The average molecular weight is 365 g/mol. The summed E-state index contributed by atoms with van der Waals surface area (Å²) in [6.45, 7) is 0.124. The Morgan fingerprint density at radius 2 is 1.89 bits per heavy atom. The third-order valence-corrected chi connectivity index (χ3v) is 4.12. The van der Waals surface area contributed by atoms with Gasteiger partial charge in [-0.25, -0.2) is 5.01 Å². The van der Waals surface area contributed by atoms with Gasteiger partial charge in [-0.2, -0.15) is 5.26 Å². The van der Waals surface area contributed by atoms with Crippen LogP contribution in [0.5, 0.6) is 0 Å². The first-order chi connectivity index (χ1) is 12.9. The number of hydrogen-bond donors (Lipinski definition) is 1. The molecule has 0 radical (unpaired) electrons. The molecule has 9 nitrogen and oxygen atoms in total. The highest BCUT2D eigenvalue weighted by Gasteiger charge is 2.39. The Balaban J connectivity index is 2.16. The minimum atomic E-state index is -0.598. The van der Waals surface area contributed by atoms with Crippen molar-refractivity contribution in [2.24, 2.45) is 5.10 Å². The standard InChI is InChI=1S/C18H15N5O4/c1-22(2)11-6-4-10(5-7-11)13-12(8-19)15(20-16(13)25)14-17(27-9-24)21-23(3)18(14)26/h4-7,9H,1-3H3,(H,20,25)/b15-14+. The van der Waals surface area contributed by atoms with Gasteiger partial charge in [-0.05, 0) is 17.7 Å². The van der Waals surface area contributed by atoms with Crippen molar-refractivity contribution in [1.29, 1.82) is 5.26 Å². The molecular formula is C18H15N5O4. The van der Waals surface area contributed by atoms with Crippen LogP contribution in [0.1, 0.15) is 5.56 Å². The minimum absolute atomic E-state index is 0.0153. The summed E-state index contributed by atoms with van der Waals surface area (Å²) in [5, 5.41) is 16.9. The highest BCUT2D eigenvalue weighted by molar-refractivity contribution is 6.30. The lowest BCUT2D eigenvalue weighted by atomic mass is 9.99. The Morgan fingerprint density at radius 1 is 1.22 bits per heavy atom. The van der Waals surface area contributed by atoms with Crippen LogP contribution in [0.4, 0.5) is 5.69 Å². The third kappa shape index (κ3) is 2.93. The number of nitrogens with zero attached hydrogens (tertiary/aromatic N) is 4. The summed E-state index contributed by atoms with van der Waals surface area (Å²) < 4.78 is 4.74. The molecule has 3 rings (SSSR count). The Morgan fingerprint density at radius 3 is 2.44 bits per heavy atom. The van der Waals surface area contributed by atoms with Crippen LogP contribution in [0.25, 0.3) is 5.57 Å². The van der Waals surface area contributed by atoms with Crippen LogP contribution >= 0.6 is 0 Å². The van der Waals surface area contributed by atoms with Crippen molar-refractivity contribution in [3.8, 4) is 6.07 Å². The topological polar surface area (TPSA) is 115 Å². The third-order valence-electron chi connectivity index (χ3n) is 4.12. The predicted octanol–water partition coefficient (Wildman–Crippen LogP) is 0.372. The fourth-order valence-electron chi connectivity index (χ4n) is 2.80. The summed E-state index contributed by atoms with van der Waals surface area (Å²) in [4.78, 5) is 37.5. The molecule has 136 valence electrons. The van der Waals surface area contributed by atoms with Crippen LogP contribution in [0.3, 0.4) is 0 Å². The Hall–Kier alpha value is -3.93. The summed E-state index contributed by atoms with van der Waals surface area (Å²) >= 11 is 0. The lowest BCUT2D eigenvalue weighted by Gasteiger charge is -2.12. The van der Waals surface area contributed by atoms with E-state index in [9.17, 15) is 19.6 Å². The molecule has 0 bridgehead atoms. The summed E-state index contributed by atoms with van der Waals surface area (Å²) in [5.41, 5.74) is 1.41. The normalized spacial score (nSPS) is 19.0. The molecule has 0 saturated heterocycles. The van der Waals surface area contributed by atoms with Gasteiger partial charge in [-0.1, -0.05) is 12.1 Å². The van der Waals surface area contributed by atoms with Gasteiger partial charge in [0.05, 0.1) is 16.8 Å². The molecule has 0 aromatic heterocycles. The predicted molar refractivity (Wildman–Crippen MR) is 95.8 cm³/mol. The number of anilines is 1. The number of ether oxygens (including phenoxy) is 1. The molecule has 1 N–H and O–H groups in total. The van der Waals surface area contributed by atoms with Gasteiger partial charge < -0.3 is 15.0 Å². The number of nitriles is 1. The Kier molecular flexibility index (Phi) is 4.48. The molecule has 0 unspecified atom stereocenters. The van der Waals surface area contributed by atoms with Crippen LogP contribution in [-0.2, 0) is 19.1 Å². The van der Waals surface area contributed by atoms with Gasteiger partial charge in [-0.3, -0.25) is 14.4 Å². The highest BCUT2D eigenvalue weighted by atomic mass is 16.5.